The first-order valence-corrected chi connectivity index (χ1v) is 11.4. The van der Waals surface area contributed by atoms with Crippen LogP contribution >= 0.6 is 0 Å². The van der Waals surface area contributed by atoms with Gasteiger partial charge in [-0.15, -0.1) is 0 Å². The molecule has 180 valence electrons. The summed E-state index contributed by atoms with van der Waals surface area (Å²) in [5, 5.41) is 9.82. The molecule has 0 amide bonds. The molecule has 32 heavy (non-hydrogen) atoms. The van der Waals surface area contributed by atoms with Gasteiger partial charge in [0.2, 0.25) is 0 Å². The van der Waals surface area contributed by atoms with E-state index in [1.165, 1.54) is 0 Å². The molecule has 0 aromatic heterocycles. The van der Waals surface area contributed by atoms with Gasteiger partial charge in [-0.2, -0.15) is 21.6 Å². The lowest BCUT2D eigenvalue weighted by atomic mass is 9.76. The minimum atomic E-state index is -4.79. The number of carbonyl (C=O) groups is 2. The van der Waals surface area contributed by atoms with Crippen molar-refractivity contribution in [2.45, 2.75) is 68.7 Å². The third-order valence-electron chi connectivity index (χ3n) is 5.43. The van der Waals surface area contributed by atoms with E-state index in [-0.39, 0.29) is 43.4 Å². The zero-order chi connectivity index (χ0) is 24.3. The Hall–Kier alpha value is -2.18. The lowest BCUT2D eigenvalue weighted by Crippen LogP contribution is -2.50. The number of aliphatic hydroxyl groups is 1. The Bertz CT molecular complexity index is 948. The smallest absolute Gasteiger partial charge is 0.417 e. The molecule has 1 unspecified atom stereocenters. The number of carbonyl (C=O) groups excluding carboxylic acids is 2. The summed E-state index contributed by atoms with van der Waals surface area (Å²) in [6.45, 7) is 2.51. The van der Waals surface area contributed by atoms with E-state index in [0.29, 0.717) is 13.3 Å². The predicted octanol–water partition coefficient (Wildman–Crippen LogP) is 3.53. The number of ether oxygens (including phenoxy) is 2. The SMILES string of the molecule is CCCOC(=O)c1cc(C(=O)OC2CCC(C(C)(O)C(F)(F)F)CC2)cc(S(=O)(=O)O)c1. The van der Waals surface area contributed by atoms with E-state index in [4.69, 9.17) is 9.47 Å². The Morgan fingerprint density at radius 3 is 2.06 bits per heavy atom. The van der Waals surface area contributed by atoms with E-state index in [2.05, 4.69) is 0 Å². The van der Waals surface area contributed by atoms with Crippen molar-refractivity contribution in [3.8, 4) is 0 Å². The number of rotatable bonds is 7. The number of hydrogen-bond acceptors (Lipinski definition) is 7. The molecule has 1 aliphatic rings. The lowest BCUT2D eigenvalue weighted by molar-refractivity contribution is -0.276. The molecule has 0 bridgehead atoms. The quantitative estimate of drug-likeness (QED) is 0.446. The highest BCUT2D eigenvalue weighted by molar-refractivity contribution is 7.85. The van der Waals surface area contributed by atoms with Gasteiger partial charge in [0, 0.05) is 0 Å². The summed E-state index contributed by atoms with van der Waals surface area (Å²) in [5.41, 5.74) is -3.49. The minimum absolute atomic E-state index is 0.0376. The summed E-state index contributed by atoms with van der Waals surface area (Å²) in [4.78, 5) is 23.9. The van der Waals surface area contributed by atoms with Crippen molar-refractivity contribution in [1.29, 1.82) is 0 Å². The largest absolute Gasteiger partial charge is 0.462 e. The van der Waals surface area contributed by atoms with Crippen LogP contribution in [0.25, 0.3) is 0 Å². The monoisotopic (exact) mass is 482 g/mol. The molecule has 2 rings (SSSR count). The average Bonchev–Trinajstić information content (AvgIpc) is 2.70. The standard InChI is InChI=1S/C20H25F3O8S/c1-3-8-30-17(24)12-9-13(11-16(10-12)32(27,28)29)18(25)31-15-6-4-14(5-7-15)19(2,26)20(21,22)23/h9-11,14-15,26H,3-8H2,1-2H3,(H,27,28,29). The second kappa shape index (κ2) is 9.75. The fraction of sp³-hybridized carbons (Fsp3) is 0.600. The molecular formula is C20H25F3O8S. The topological polar surface area (TPSA) is 127 Å². The summed E-state index contributed by atoms with van der Waals surface area (Å²) >= 11 is 0. The van der Waals surface area contributed by atoms with Crippen molar-refractivity contribution in [3.05, 3.63) is 29.3 Å². The highest BCUT2D eigenvalue weighted by atomic mass is 32.2. The third kappa shape index (κ3) is 6.20. The first kappa shape index (κ1) is 26.1. The van der Waals surface area contributed by atoms with E-state index in [1.54, 1.807) is 6.92 Å². The molecule has 1 atom stereocenters. The van der Waals surface area contributed by atoms with Crippen LogP contribution in [0, 0.1) is 5.92 Å². The van der Waals surface area contributed by atoms with Crippen LogP contribution in [0.15, 0.2) is 23.1 Å². The Morgan fingerprint density at radius 1 is 1.06 bits per heavy atom. The van der Waals surface area contributed by atoms with Crippen LogP contribution in [-0.4, -0.2) is 54.5 Å². The van der Waals surface area contributed by atoms with Crippen molar-refractivity contribution in [1.82, 2.24) is 0 Å². The third-order valence-corrected chi connectivity index (χ3v) is 6.26. The Labute approximate surface area is 183 Å². The van der Waals surface area contributed by atoms with Crippen LogP contribution < -0.4 is 0 Å². The van der Waals surface area contributed by atoms with Gasteiger partial charge in [-0.1, -0.05) is 6.92 Å². The van der Waals surface area contributed by atoms with Gasteiger partial charge < -0.3 is 14.6 Å². The fourth-order valence-corrected chi connectivity index (χ4v) is 4.01. The fourth-order valence-electron chi connectivity index (χ4n) is 3.46. The molecular weight excluding hydrogens is 457 g/mol. The van der Waals surface area contributed by atoms with Crippen molar-refractivity contribution < 1.29 is 50.3 Å². The van der Waals surface area contributed by atoms with Crippen molar-refractivity contribution in [2.24, 2.45) is 5.92 Å². The van der Waals surface area contributed by atoms with Gasteiger partial charge in [0.15, 0.2) is 5.60 Å². The molecule has 8 nitrogen and oxygen atoms in total. The molecule has 0 aliphatic heterocycles. The molecule has 1 aromatic rings. The Morgan fingerprint density at radius 2 is 1.59 bits per heavy atom. The number of halogens is 3. The number of hydrogen-bond donors (Lipinski definition) is 2. The van der Waals surface area contributed by atoms with Crippen LogP contribution in [-0.2, 0) is 19.6 Å². The first-order chi connectivity index (χ1) is 14.7. The maximum absolute atomic E-state index is 13.0. The summed E-state index contributed by atoms with van der Waals surface area (Å²) in [6.07, 6.45) is -5.00. The molecule has 1 saturated carbocycles. The minimum Gasteiger partial charge on any atom is -0.462 e. The molecule has 2 N–H and O–H groups in total. The summed E-state index contributed by atoms with van der Waals surface area (Å²) in [5.74, 6) is -2.97. The van der Waals surface area contributed by atoms with Gasteiger partial charge in [0.25, 0.3) is 10.1 Å². The normalized spacial score (nSPS) is 21.5. The van der Waals surface area contributed by atoms with Crippen molar-refractivity contribution in [3.63, 3.8) is 0 Å². The summed E-state index contributed by atoms with van der Waals surface area (Å²) in [6, 6.07) is 2.73. The van der Waals surface area contributed by atoms with Gasteiger partial charge >= 0.3 is 18.1 Å². The van der Waals surface area contributed by atoms with E-state index >= 15 is 0 Å². The second-order valence-corrected chi connectivity index (χ2v) is 9.30. The summed E-state index contributed by atoms with van der Waals surface area (Å²) < 4.78 is 81.6. The average molecular weight is 482 g/mol. The molecule has 12 heteroatoms. The molecule has 0 radical (unpaired) electrons. The van der Waals surface area contributed by atoms with Crippen LogP contribution in [0.1, 0.15) is 66.7 Å². The Kier molecular flexibility index (Phi) is 7.95. The lowest BCUT2D eigenvalue weighted by Gasteiger charge is -2.38. The highest BCUT2D eigenvalue weighted by Crippen LogP contribution is 2.43. The molecule has 1 aromatic carbocycles. The van der Waals surface area contributed by atoms with Gasteiger partial charge in [-0.05, 0) is 63.1 Å². The zero-order valence-corrected chi connectivity index (χ0v) is 18.3. The van der Waals surface area contributed by atoms with Crippen LogP contribution in [0.3, 0.4) is 0 Å². The van der Waals surface area contributed by atoms with Crippen LogP contribution in [0.5, 0.6) is 0 Å². The molecule has 1 aliphatic carbocycles. The zero-order valence-electron chi connectivity index (χ0n) is 17.5. The van der Waals surface area contributed by atoms with Crippen LogP contribution in [0.4, 0.5) is 13.2 Å². The van der Waals surface area contributed by atoms with E-state index < -0.39 is 50.8 Å². The van der Waals surface area contributed by atoms with E-state index in [0.717, 1.165) is 18.2 Å². The summed E-state index contributed by atoms with van der Waals surface area (Å²) in [7, 11) is -4.76. The number of alkyl halides is 3. The van der Waals surface area contributed by atoms with Gasteiger partial charge in [-0.3, -0.25) is 4.55 Å². The second-order valence-electron chi connectivity index (χ2n) is 7.88. The Balaban J connectivity index is 2.15. The number of esters is 2. The van der Waals surface area contributed by atoms with Gasteiger partial charge in [-0.25, -0.2) is 9.59 Å². The molecule has 0 saturated heterocycles. The van der Waals surface area contributed by atoms with Crippen molar-refractivity contribution >= 4 is 22.1 Å². The van der Waals surface area contributed by atoms with E-state index in [9.17, 15) is 40.8 Å². The van der Waals surface area contributed by atoms with Crippen molar-refractivity contribution in [2.75, 3.05) is 6.61 Å². The van der Waals surface area contributed by atoms with Gasteiger partial charge in [0.05, 0.1) is 22.6 Å². The highest BCUT2D eigenvalue weighted by Gasteiger charge is 2.55. The van der Waals surface area contributed by atoms with E-state index in [1.807, 2.05) is 0 Å². The van der Waals surface area contributed by atoms with Gasteiger partial charge in [0.1, 0.15) is 6.10 Å². The van der Waals surface area contributed by atoms with Crippen LogP contribution in [0.2, 0.25) is 0 Å². The maximum atomic E-state index is 13.0. The predicted molar refractivity (Wildman–Crippen MR) is 105 cm³/mol. The number of benzene rings is 1. The molecule has 0 spiro atoms. The first-order valence-electron chi connectivity index (χ1n) is 9.96. The molecule has 1 fully saturated rings. The molecule has 0 heterocycles. The maximum Gasteiger partial charge on any atom is 0.417 e.